The number of piperidine rings is 1. The molecule has 0 aliphatic carbocycles. The van der Waals surface area contributed by atoms with Crippen molar-refractivity contribution in [2.75, 3.05) is 112 Å². The number of rotatable bonds is 18. The first-order chi connectivity index (χ1) is 46.8. The largest absolute Gasteiger partial charge is 0.382 e. The zero-order valence-corrected chi connectivity index (χ0v) is 53.3. The standard InChI is InChI=1S/C25H28N6O2.C24H26N6O2.C23H24N6O2.9H2/c26-23-22(25(33)29-20-7-3-1-4-8-20)30-21(17-28-23)18-9-11-19(12-10-18)24(32)27-13-16-31-14-5-2-6-15-31;25-22-21(24(32)28-19-6-2-1-3-7-19)29-20(16-27-22)17-8-10-18(11-9-17)23(31)26-12-15-30-13-4-5-14-30;24-21-20(22(30)27-18-5-2-1-3-6-18)28-19(15-26-21)16-7-9-17(10-8-16)23(31)29-13-4-11-25-12-14-29;;;;;;;;;/h1,3-4,7-12,17H,2,5-6,13-16H2,(H2,26,28)(H,27,32)(H,29,33);1-3,6-11,16H,4-5,12-15H2,(H2,25,27)(H,26,31)(H,28,32);1-3,5-10,15,25H,4,11-14H2,(H2,24,26)(H,27,30);9*1H. The average Bonchev–Trinajstić information content (AvgIpc) is 1.20. The van der Waals surface area contributed by atoms with Gasteiger partial charge in [0.05, 0.1) is 35.7 Å². The molecular formula is C72H96N18O6. The molecule has 3 aliphatic rings. The molecular weight excluding hydrogens is 1210 g/mol. The lowest BCUT2D eigenvalue weighted by Gasteiger charge is -2.26. The van der Waals surface area contributed by atoms with Gasteiger partial charge in [-0.2, -0.15) is 0 Å². The Kier molecular flexibility index (Phi) is 23.9. The van der Waals surface area contributed by atoms with Crippen LogP contribution in [0.25, 0.3) is 33.8 Å². The number of hydrogen-bond acceptors (Lipinski definition) is 18. The molecule has 0 saturated carbocycles. The van der Waals surface area contributed by atoms with Gasteiger partial charge >= 0.3 is 0 Å². The Balaban J connectivity index is 0.000000755. The van der Waals surface area contributed by atoms with Crippen LogP contribution in [-0.4, -0.2) is 159 Å². The summed E-state index contributed by atoms with van der Waals surface area (Å²) < 4.78 is 0. The van der Waals surface area contributed by atoms with Crippen LogP contribution in [0, 0.1) is 0 Å². The molecule has 0 atom stereocenters. The first-order valence-electron chi connectivity index (χ1n) is 32.1. The number of nitrogen functional groups attached to an aromatic ring is 3. The molecule has 3 aromatic heterocycles. The molecule has 0 bridgehead atoms. The van der Waals surface area contributed by atoms with Gasteiger partial charge in [-0.3, -0.25) is 28.8 Å². The Bertz CT molecular complexity index is 4120. The number of aromatic nitrogens is 6. The zero-order chi connectivity index (χ0) is 67.0. The molecule has 12 rings (SSSR count). The van der Waals surface area contributed by atoms with E-state index >= 15 is 0 Å². The summed E-state index contributed by atoms with van der Waals surface area (Å²) in [5, 5.41) is 17.5. The molecule has 12 N–H and O–H groups in total. The minimum absolute atomic E-state index is 0. The van der Waals surface area contributed by atoms with Crippen LogP contribution in [0.1, 0.15) is 114 Å². The van der Waals surface area contributed by atoms with Gasteiger partial charge in [0.25, 0.3) is 35.4 Å². The topological polar surface area (TPSA) is 340 Å². The number of nitrogens with one attached hydrogen (secondary N) is 6. The van der Waals surface area contributed by atoms with Crippen LogP contribution in [0.3, 0.4) is 0 Å². The van der Waals surface area contributed by atoms with E-state index in [1.165, 1.54) is 50.7 Å². The Morgan fingerprint density at radius 1 is 0.385 bits per heavy atom. The summed E-state index contributed by atoms with van der Waals surface area (Å²) in [5.74, 6) is -1.34. The lowest BCUT2D eigenvalue weighted by atomic mass is 10.1. The maximum atomic E-state index is 12.8. The van der Waals surface area contributed by atoms with Crippen molar-refractivity contribution in [2.24, 2.45) is 0 Å². The molecule has 6 aromatic carbocycles. The summed E-state index contributed by atoms with van der Waals surface area (Å²) in [6.07, 6.45) is 11.7. The van der Waals surface area contributed by atoms with E-state index in [0.717, 1.165) is 82.0 Å². The number of hydrogen-bond donors (Lipinski definition) is 9. The highest BCUT2D eigenvalue weighted by molar-refractivity contribution is 6.07. The fourth-order valence-corrected chi connectivity index (χ4v) is 10.9. The maximum absolute atomic E-state index is 12.8. The van der Waals surface area contributed by atoms with Gasteiger partial charge in [-0.25, -0.2) is 29.9 Å². The Hall–Kier alpha value is -11.3. The maximum Gasteiger partial charge on any atom is 0.278 e. The van der Waals surface area contributed by atoms with Gasteiger partial charge in [-0.1, -0.05) is 97.4 Å². The normalized spacial score (nSPS) is 13.9. The summed E-state index contributed by atoms with van der Waals surface area (Å²) in [6, 6.07) is 48.5. The molecule has 510 valence electrons. The van der Waals surface area contributed by atoms with E-state index < -0.39 is 17.7 Å². The van der Waals surface area contributed by atoms with Crippen molar-refractivity contribution in [3.63, 3.8) is 0 Å². The second-order valence-electron chi connectivity index (χ2n) is 23.0. The van der Waals surface area contributed by atoms with E-state index in [-0.39, 0.29) is 65.1 Å². The van der Waals surface area contributed by atoms with E-state index in [4.69, 9.17) is 17.2 Å². The predicted molar refractivity (Wildman–Crippen MR) is 392 cm³/mol. The summed E-state index contributed by atoms with van der Waals surface area (Å²) >= 11 is 0. The van der Waals surface area contributed by atoms with Crippen LogP contribution < -0.4 is 49.1 Å². The molecule has 0 unspecified atom stereocenters. The van der Waals surface area contributed by atoms with Gasteiger partial charge in [-0.05, 0) is 138 Å². The Morgan fingerprint density at radius 3 is 1.09 bits per heavy atom. The van der Waals surface area contributed by atoms with E-state index in [1.807, 2.05) is 71.6 Å². The van der Waals surface area contributed by atoms with Crippen LogP contribution >= 0.6 is 0 Å². The van der Waals surface area contributed by atoms with Crippen LogP contribution in [0.2, 0.25) is 0 Å². The summed E-state index contributed by atoms with van der Waals surface area (Å²) in [6.45, 7) is 10.6. The van der Waals surface area contributed by atoms with E-state index in [0.29, 0.717) is 70.5 Å². The quantitative estimate of drug-likeness (QED) is 0.0385. The van der Waals surface area contributed by atoms with Gasteiger partial charge in [0.1, 0.15) is 0 Å². The van der Waals surface area contributed by atoms with Crippen molar-refractivity contribution in [2.45, 2.75) is 38.5 Å². The fourth-order valence-electron chi connectivity index (χ4n) is 10.9. The Morgan fingerprint density at radius 2 is 0.729 bits per heavy atom. The van der Waals surface area contributed by atoms with Crippen molar-refractivity contribution in [1.29, 1.82) is 0 Å². The average molecular weight is 1310 g/mol. The number of amides is 6. The number of anilines is 6. The molecule has 24 heteroatoms. The highest BCUT2D eigenvalue weighted by atomic mass is 16.2. The molecule has 96 heavy (non-hydrogen) atoms. The molecule has 3 saturated heterocycles. The molecule has 0 radical (unpaired) electrons. The highest BCUT2D eigenvalue weighted by Crippen LogP contribution is 2.25. The third kappa shape index (κ3) is 19.1. The van der Waals surface area contributed by atoms with E-state index in [1.54, 1.807) is 97.1 Å². The number of nitrogens with two attached hydrogens (primary N) is 3. The smallest absolute Gasteiger partial charge is 0.278 e. The van der Waals surface area contributed by atoms with Crippen LogP contribution in [0.4, 0.5) is 34.5 Å². The number of benzene rings is 6. The van der Waals surface area contributed by atoms with E-state index in [9.17, 15) is 28.8 Å². The lowest BCUT2D eigenvalue weighted by molar-refractivity contribution is 0.0765. The van der Waals surface area contributed by atoms with Crippen molar-refractivity contribution in [1.82, 2.24) is 60.6 Å². The minimum atomic E-state index is -0.433. The van der Waals surface area contributed by atoms with Gasteiger partial charge < -0.3 is 63.8 Å². The number of carbonyl (C=O) groups is 6. The number of para-hydroxylation sites is 3. The number of carbonyl (C=O) groups excluding carboxylic acids is 6. The molecule has 3 aliphatic heterocycles. The molecule has 9 aromatic rings. The molecule has 6 heterocycles. The second kappa shape index (κ2) is 34.0. The van der Waals surface area contributed by atoms with Gasteiger partial charge in [0, 0.05) is 109 Å². The van der Waals surface area contributed by atoms with Gasteiger partial charge in [0.15, 0.2) is 34.5 Å². The number of likely N-dealkylation sites (tertiary alicyclic amines) is 2. The first kappa shape index (κ1) is 67.5. The summed E-state index contributed by atoms with van der Waals surface area (Å²) in [4.78, 5) is 108. The van der Waals surface area contributed by atoms with Crippen LogP contribution in [0.15, 0.2) is 182 Å². The minimum Gasteiger partial charge on any atom is -0.382 e. The van der Waals surface area contributed by atoms with Crippen molar-refractivity contribution < 1.29 is 41.6 Å². The third-order valence-corrected chi connectivity index (χ3v) is 16.2. The SMILES string of the molecule is Nc1ncc(-c2ccc(C(=O)N3CCCNCC3)cc2)nc1C(=O)Nc1ccccc1.Nc1ncc(-c2ccc(C(=O)NCCN3CCCC3)cc2)nc1C(=O)Nc1ccccc1.Nc1ncc(-c2ccc(C(=O)NCCN3CCCCC3)cc2)nc1C(=O)Nc1ccccc1.[HH].[HH].[HH].[HH].[HH].[HH].[HH].[HH].[HH]. The van der Waals surface area contributed by atoms with Crippen molar-refractivity contribution >= 4 is 70.0 Å². The van der Waals surface area contributed by atoms with Crippen molar-refractivity contribution in [3.05, 3.63) is 216 Å². The highest BCUT2D eigenvalue weighted by Gasteiger charge is 2.22. The molecule has 6 amide bonds. The van der Waals surface area contributed by atoms with Crippen LogP contribution in [-0.2, 0) is 0 Å². The predicted octanol–water partition coefficient (Wildman–Crippen LogP) is 10.6. The van der Waals surface area contributed by atoms with Crippen molar-refractivity contribution in [3.8, 4) is 33.8 Å². The molecule has 0 spiro atoms. The zero-order valence-electron chi connectivity index (χ0n) is 53.3. The third-order valence-electron chi connectivity index (χ3n) is 16.2. The fraction of sp³-hybridized carbons (Fsp3) is 0.250. The molecule has 3 fully saturated rings. The summed E-state index contributed by atoms with van der Waals surface area (Å²) in [5.41, 5.74) is 25.2. The Labute approximate surface area is 570 Å². The first-order valence-corrected chi connectivity index (χ1v) is 32.1. The second-order valence-corrected chi connectivity index (χ2v) is 23.0. The van der Waals surface area contributed by atoms with E-state index in [2.05, 4.69) is 71.6 Å². The lowest BCUT2D eigenvalue weighted by Crippen LogP contribution is -2.37. The van der Waals surface area contributed by atoms with Crippen LogP contribution in [0.5, 0.6) is 0 Å². The van der Waals surface area contributed by atoms with Gasteiger partial charge in [0.2, 0.25) is 0 Å². The number of nitrogens with zero attached hydrogens (tertiary/aromatic N) is 9. The monoisotopic (exact) mass is 1310 g/mol. The van der Waals surface area contributed by atoms with Gasteiger partial charge in [-0.15, -0.1) is 0 Å². The summed E-state index contributed by atoms with van der Waals surface area (Å²) in [7, 11) is 0. The molecule has 24 nitrogen and oxygen atoms in total.